The number of aryl methyl sites for hydroxylation is 1. The molecular formula is C19H24N2O5. The number of aromatic amines is 1. The molecule has 0 radical (unpaired) electrons. The molecule has 0 aliphatic carbocycles. The van der Waals surface area contributed by atoms with E-state index in [1.165, 1.54) is 43.3 Å². The minimum atomic E-state index is -1.26. The predicted molar refractivity (Wildman–Crippen MR) is 98.3 cm³/mol. The lowest BCUT2D eigenvalue weighted by Gasteiger charge is -2.22. The lowest BCUT2D eigenvalue weighted by atomic mass is 9.91. The summed E-state index contributed by atoms with van der Waals surface area (Å²) in [5, 5.41) is 29.7. The van der Waals surface area contributed by atoms with Gasteiger partial charge in [0.2, 0.25) is 0 Å². The predicted octanol–water partition coefficient (Wildman–Crippen LogP) is 2.52. The first-order valence-corrected chi connectivity index (χ1v) is 8.59. The van der Waals surface area contributed by atoms with E-state index in [9.17, 15) is 14.7 Å². The van der Waals surface area contributed by atoms with Gasteiger partial charge in [-0.25, -0.2) is 9.59 Å². The van der Waals surface area contributed by atoms with E-state index in [4.69, 9.17) is 10.2 Å². The number of phenols is 1. The van der Waals surface area contributed by atoms with Crippen LogP contribution >= 0.6 is 0 Å². The van der Waals surface area contributed by atoms with Gasteiger partial charge in [-0.3, -0.25) is 0 Å². The molecule has 3 rings (SSSR count). The highest BCUT2D eigenvalue weighted by Crippen LogP contribution is 2.25. The Balaban J connectivity index is 0.000000260. The number of fused-ring (bicyclic) bond motifs is 1. The molecule has 5 N–H and O–H groups in total. The molecule has 26 heavy (non-hydrogen) atoms. The molecule has 1 aromatic carbocycles. The van der Waals surface area contributed by atoms with E-state index in [0.29, 0.717) is 17.9 Å². The molecule has 0 saturated carbocycles. The van der Waals surface area contributed by atoms with Crippen molar-refractivity contribution < 1.29 is 24.9 Å². The van der Waals surface area contributed by atoms with Crippen molar-refractivity contribution in [3.05, 3.63) is 42.1 Å². The van der Waals surface area contributed by atoms with Crippen LogP contribution in [0, 0.1) is 5.92 Å². The van der Waals surface area contributed by atoms with Gasteiger partial charge >= 0.3 is 11.9 Å². The van der Waals surface area contributed by atoms with Gasteiger partial charge in [-0.15, -0.1) is 0 Å². The van der Waals surface area contributed by atoms with E-state index in [1.54, 1.807) is 12.1 Å². The maximum absolute atomic E-state index is 9.55. The third kappa shape index (κ3) is 6.25. The molecule has 0 spiro atoms. The highest BCUT2D eigenvalue weighted by atomic mass is 16.4. The van der Waals surface area contributed by atoms with Crippen molar-refractivity contribution in [2.75, 3.05) is 13.1 Å². The van der Waals surface area contributed by atoms with Crippen molar-refractivity contribution in [1.82, 2.24) is 10.3 Å². The van der Waals surface area contributed by atoms with Crippen LogP contribution in [0.4, 0.5) is 0 Å². The maximum atomic E-state index is 9.55. The van der Waals surface area contributed by atoms with Gasteiger partial charge < -0.3 is 25.6 Å². The topological polar surface area (TPSA) is 123 Å². The zero-order valence-electron chi connectivity index (χ0n) is 14.4. The van der Waals surface area contributed by atoms with Gasteiger partial charge in [0.25, 0.3) is 0 Å². The number of hydrogen-bond acceptors (Lipinski definition) is 4. The van der Waals surface area contributed by atoms with E-state index in [-0.39, 0.29) is 0 Å². The van der Waals surface area contributed by atoms with Crippen molar-refractivity contribution in [3.63, 3.8) is 0 Å². The number of piperidine rings is 1. The van der Waals surface area contributed by atoms with Crippen molar-refractivity contribution in [1.29, 1.82) is 0 Å². The first-order chi connectivity index (χ1) is 12.5. The molecule has 7 heteroatoms. The molecule has 2 heterocycles. The second-order valence-electron chi connectivity index (χ2n) is 6.29. The second kappa shape index (κ2) is 9.62. The molecule has 1 fully saturated rings. The molecule has 1 saturated heterocycles. The van der Waals surface area contributed by atoms with Crippen LogP contribution in [0.15, 0.2) is 36.5 Å². The van der Waals surface area contributed by atoms with Gasteiger partial charge in [0, 0.05) is 35.3 Å². The molecule has 1 aromatic heterocycles. The number of carboxylic acids is 2. The Morgan fingerprint density at radius 3 is 2.38 bits per heavy atom. The molecule has 0 amide bonds. The van der Waals surface area contributed by atoms with E-state index >= 15 is 0 Å². The Hall–Kier alpha value is -2.80. The lowest BCUT2D eigenvalue weighted by Crippen LogP contribution is -2.27. The molecule has 7 nitrogen and oxygen atoms in total. The smallest absolute Gasteiger partial charge is 0.328 e. The largest absolute Gasteiger partial charge is 0.508 e. The summed E-state index contributed by atoms with van der Waals surface area (Å²) >= 11 is 0. The summed E-state index contributed by atoms with van der Waals surface area (Å²) in [6.07, 6.45) is 8.23. The molecule has 2 aromatic rings. The summed E-state index contributed by atoms with van der Waals surface area (Å²) in [5.41, 5.74) is 2.42. The highest BCUT2D eigenvalue weighted by Gasteiger charge is 2.13. The third-order valence-corrected chi connectivity index (χ3v) is 4.40. The normalized spacial score (nSPS) is 14.9. The molecular weight excluding hydrogens is 336 g/mol. The van der Waals surface area contributed by atoms with Crippen molar-refractivity contribution >= 4 is 22.8 Å². The molecule has 140 valence electrons. The third-order valence-electron chi connectivity index (χ3n) is 4.40. The average Bonchev–Trinajstić information content (AvgIpc) is 3.01. The molecule has 1 aliphatic heterocycles. The monoisotopic (exact) mass is 360 g/mol. The van der Waals surface area contributed by atoms with Crippen LogP contribution in [0.25, 0.3) is 10.9 Å². The summed E-state index contributed by atoms with van der Waals surface area (Å²) in [5.74, 6) is -1.32. The Kier molecular flexibility index (Phi) is 7.23. The molecule has 0 unspecified atom stereocenters. The molecule has 0 atom stereocenters. The van der Waals surface area contributed by atoms with Crippen LogP contribution in [-0.4, -0.2) is 45.3 Å². The SMILES string of the molecule is O=C(O)/C=C/C(=O)O.Oc1ccc2c(CCC3CCNCC3)c[nH]c2c1. The number of carbonyl (C=O) groups is 2. The fourth-order valence-corrected chi connectivity index (χ4v) is 3.05. The second-order valence-corrected chi connectivity index (χ2v) is 6.29. The first kappa shape index (κ1) is 19.5. The number of aromatic hydroxyl groups is 1. The van der Waals surface area contributed by atoms with Gasteiger partial charge in [-0.2, -0.15) is 0 Å². The van der Waals surface area contributed by atoms with Crippen LogP contribution < -0.4 is 5.32 Å². The van der Waals surface area contributed by atoms with Crippen LogP contribution in [0.3, 0.4) is 0 Å². The van der Waals surface area contributed by atoms with Crippen LogP contribution in [-0.2, 0) is 16.0 Å². The number of carboxylic acid groups (broad SMARTS) is 2. The summed E-state index contributed by atoms with van der Waals surface area (Å²) in [7, 11) is 0. The Labute approximate surface area is 151 Å². The van der Waals surface area contributed by atoms with Gasteiger partial charge in [0.15, 0.2) is 0 Å². The van der Waals surface area contributed by atoms with Crippen LogP contribution in [0.2, 0.25) is 0 Å². The molecule has 1 aliphatic rings. The number of phenolic OH excluding ortho intramolecular Hbond substituents is 1. The number of nitrogens with one attached hydrogen (secondary N) is 2. The fraction of sp³-hybridized carbons (Fsp3) is 0.368. The minimum Gasteiger partial charge on any atom is -0.508 e. The van der Waals surface area contributed by atoms with Gasteiger partial charge in [-0.1, -0.05) is 0 Å². The van der Waals surface area contributed by atoms with Crippen molar-refractivity contribution in [2.45, 2.75) is 25.7 Å². The highest BCUT2D eigenvalue weighted by molar-refractivity contribution is 5.89. The lowest BCUT2D eigenvalue weighted by molar-refractivity contribution is -0.134. The fourth-order valence-electron chi connectivity index (χ4n) is 3.05. The maximum Gasteiger partial charge on any atom is 0.328 e. The number of H-pyrrole nitrogens is 1. The zero-order valence-corrected chi connectivity index (χ0v) is 14.4. The van der Waals surface area contributed by atoms with E-state index in [2.05, 4.69) is 16.5 Å². The summed E-state index contributed by atoms with van der Waals surface area (Å²) in [6, 6.07) is 5.58. The van der Waals surface area contributed by atoms with E-state index in [0.717, 1.165) is 17.9 Å². The first-order valence-electron chi connectivity index (χ1n) is 8.59. The standard InChI is InChI=1S/C15H20N2O.C4H4O4/c18-13-3-4-14-12(10-17-15(14)9-13)2-1-11-5-7-16-8-6-11;5-3(6)1-2-4(7)8/h3-4,9-11,16-18H,1-2,5-8H2;1-2H,(H,5,6)(H,7,8)/b;2-1+. The Bertz CT molecular complexity index is 759. The number of hydrogen-bond donors (Lipinski definition) is 5. The average molecular weight is 360 g/mol. The van der Waals surface area contributed by atoms with E-state index < -0.39 is 11.9 Å². The summed E-state index contributed by atoms with van der Waals surface area (Å²) < 4.78 is 0. The van der Waals surface area contributed by atoms with Crippen LogP contribution in [0.1, 0.15) is 24.8 Å². The zero-order chi connectivity index (χ0) is 18.9. The Morgan fingerprint density at radius 1 is 1.12 bits per heavy atom. The summed E-state index contributed by atoms with van der Waals surface area (Å²) in [4.78, 5) is 22.4. The van der Waals surface area contributed by atoms with Crippen molar-refractivity contribution in [3.8, 4) is 5.75 Å². The van der Waals surface area contributed by atoms with Gasteiger partial charge in [0.05, 0.1) is 0 Å². The summed E-state index contributed by atoms with van der Waals surface area (Å²) in [6.45, 7) is 2.35. The van der Waals surface area contributed by atoms with Gasteiger partial charge in [-0.05, 0) is 62.4 Å². The quantitative estimate of drug-likeness (QED) is 0.522. The number of aliphatic carboxylic acids is 2. The van der Waals surface area contributed by atoms with Crippen LogP contribution in [0.5, 0.6) is 5.75 Å². The van der Waals surface area contributed by atoms with Crippen molar-refractivity contribution in [2.24, 2.45) is 5.92 Å². The number of benzene rings is 1. The Morgan fingerprint density at radius 2 is 1.77 bits per heavy atom. The number of rotatable bonds is 5. The van der Waals surface area contributed by atoms with E-state index in [1.807, 2.05) is 6.07 Å². The van der Waals surface area contributed by atoms with Gasteiger partial charge in [0.1, 0.15) is 5.75 Å². The number of aromatic nitrogens is 1. The minimum absolute atomic E-state index is 0.328. The molecule has 0 bridgehead atoms.